The number of aromatic nitrogens is 2. The van der Waals surface area contributed by atoms with Crippen molar-refractivity contribution in [1.82, 2.24) is 15.3 Å². The molecule has 1 aliphatic rings. The fourth-order valence-corrected chi connectivity index (χ4v) is 2.23. The first-order chi connectivity index (χ1) is 10.7. The molecule has 2 amide bonds. The van der Waals surface area contributed by atoms with Crippen molar-refractivity contribution in [3.63, 3.8) is 0 Å². The van der Waals surface area contributed by atoms with E-state index in [4.69, 9.17) is 4.74 Å². The Morgan fingerprint density at radius 3 is 3.05 bits per heavy atom. The number of ether oxygens (including phenoxy) is 1. The summed E-state index contributed by atoms with van der Waals surface area (Å²) in [4.78, 5) is 30.7. The van der Waals surface area contributed by atoms with Crippen molar-refractivity contribution >= 4 is 17.5 Å². The summed E-state index contributed by atoms with van der Waals surface area (Å²) in [6.07, 6.45) is 3.15. The monoisotopic (exact) mass is 300 g/mol. The van der Waals surface area contributed by atoms with Gasteiger partial charge in [-0.2, -0.15) is 0 Å². The van der Waals surface area contributed by atoms with Crippen LogP contribution in [0.4, 0.5) is 5.69 Å². The zero-order valence-electron chi connectivity index (χ0n) is 11.8. The van der Waals surface area contributed by atoms with Gasteiger partial charge in [0.15, 0.2) is 6.10 Å². The predicted octanol–water partition coefficient (Wildman–Crippen LogP) is 0.858. The average Bonchev–Trinajstić information content (AvgIpc) is 3.01. The number of para-hydroxylation sites is 2. The van der Waals surface area contributed by atoms with E-state index < -0.39 is 6.10 Å². The summed E-state index contributed by atoms with van der Waals surface area (Å²) in [6.45, 7) is 0.478. The highest BCUT2D eigenvalue weighted by molar-refractivity contribution is 5.99. The topological polar surface area (TPSA) is 96.1 Å². The number of hydrogen-bond donors (Lipinski definition) is 3. The molecule has 0 radical (unpaired) electrons. The van der Waals surface area contributed by atoms with Crippen molar-refractivity contribution in [1.29, 1.82) is 0 Å². The van der Waals surface area contributed by atoms with E-state index in [0.717, 1.165) is 5.69 Å². The largest absolute Gasteiger partial charge is 0.478 e. The van der Waals surface area contributed by atoms with Gasteiger partial charge in [0.1, 0.15) is 5.75 Å². The minimum absolute atomic E-state index is 0.0108. The van der Waals surface area contributed by atoms with Crippen LogP contribution in [0, 0.1) is 0 Å². The van der Waals surface area contributed by atoms with Crippen molar-refractivity contribution < 1.29 is 14.3 Å². The molecule has 1 aromatic heterocycles. The van der Waals surface area contributed by atoms with Gasteiger partial charge in [-0.1, -0.05) is 12.1 Å². The second kappa shape index (κ2) is 6.30. The molecule has 0 spiro atoms. The minimum Gasteiger partial charge on any atom is -0.478 e. The van der Waals surface area contributed by atoms with E-state index in [-0.39, 0.29) is 18.2 Å². The average molecular weight is 300 g/mol. The fourth-order valence-electron chi connectivity index (χ4n) is 2.23. The van der Waals surface area contributed by atoms with Crippen LogP contribution in [0.1, 0.15) is 12.1 Å². The second-order valence-corrected chi connectivity index (χ2v) is 4.97. The summed E-state index contributed by atoms with van der Waals surface area (Å²) in [5.41, 5.74) is 1.57. The van der Waals surface area contributed by atoms with Gasteiger partial charge in [-0.25, -0.2) is 4.98 Å². The maximum atomic E-state index is 11.9. The Hall–Kier alpha value is -2.83. The molecule has 0 saturated carbocycles. The number of nitrogens with zero attached hydrogens (tertiary/aromatic N) is 1. The molecular weight excluding hydrogens is 284 g/mol. The third-order valence-corrected chi connectivity index (χ3v) is 3.35. The van der Waals surface area contributed by atoms with Crippen LogP contribution < -0.4 is 15.4 Å². The van der Waals surface area contributed by atoms with Gasteiger partial charge < -0.3 is 20.4 Å². The van der Waals surface area contributed by atoms with Gasteiger partial charge in [0.2, 0.25) is 5.91 Å². The van der Waals surface area contributed by atoms with Crippen LogP contribution in [0.5, 0.6) is 5.75 Å². The second-order valence-electron chi connectivity index (χ2n) is 4.97. The molecule has 3 N–H and O–H groups in total. The summed E-state index contributed by atoms with van der Waals surface area (Å²) >= 11 is 0. The lowest BCUT2D eigenvalue weighted by molar-refractivity contribution is -0.130. The number of aromatic amines is 1. The van der Waals surface area contributed by atoms with Crippen LogP contribution in [-0.4, -0.2) is 34.4 Å². The highest BCUT2D eigenvalue weighted by Gasteiger charge is 2.29. The summed E-state index contributed by atoms with van der Waals surface area (Å²) < 4.78 is 5.58. The molecule has 2 aromatic rings. The van der Waals surface area contributed by atoms with Crippen LogP contribution in [0.3, 0.4) is 0 Å². The van der Waals surface area contributed by atoms with E-state index in [1.807, 2.05) is 12.1 Å². The van der Waals surface area contributed by atoms with Crippen molar-refractivity contribution in [3.05, 3.63) is 42.5 Å². The third-order valence-electron chi connectivity index (χ3n) is 3.35. The Balaban J connectivity index is 1.50. The van der Waals surface area contributed by atoms with Gasteiger partial charge in [0.25, 0.3) is 5.91 Å². The number of fused-ring (bicyclic) bond motifs is 1. The van der Waals surface area contributed by atoms with Gasteiger partial charge in [0.05, 0.1) is 18.4 Å². The molecule has 3 rings (SSSR count). The lowest BCUT2D eigenvalue weighted by atomic mass is 10.1. The smallest absolute Gasteiger partial charge is 0.266 e. The number of H-pyrrole nitrogens is 1. The molecule has 0 fully saturated rings. The van der Waals surface area contributed by atoms with Crippen LogP contribution in [0.25, 0.3) is 0 Å². The third kappa shape index (κ3) is 3.25. The van der Waals surface area contributed by atoms with Crippen LogP contribution >= 0.6 is 0 Å². The molecule has 1 aliphatic heterocycles. The quantitative estimate of drug-likeness (QED) is 0.763. The lowest BCUT2D eigenvalue weighted by Crippen LogP contribution is -2.41. The van der Waals surface area contributed by atoms with Gasteiger partial charge >= 0.3 is 0 Å². The molecule has 1 atom stereocenters. The Labute approximate surface area is 127 Å². The van der Waals surface area contributed by atoms with E-state index in [1.165, 1.54) is 0 Å². The molecule has 0 saturated heterocycles. The number of hydrogen-bond acceptors (Lipinski definition) is 4. The van der Waals surface area contributed by atoms with Crippen molar-refractivity contribution in [2.24, 2.45) is 0 Å². The van der Waals surface area contributed by atoms with E-state index in [1.54, 1.807) is 24.7 Å². The SMILES string of the molecule is O=C(C[C@H]1Oc2ccccc2NC1=O)NCCc1cnc[nH]1. The Bertz CT molecular complexity index is 669. The zero-order valence-corrected chi connectivity index (χ0v) is 11.8. The van der Waals surface area contributed by atoms with Gasteiger partial charge in [-0.3, -0.25) is 9.59 Å². The van der Waals surface area contributed by atoms with Crippen molar-refractivity contribution in [3.8, 4) is 5.75 Å². The van der Waals surface area contributed by atoms with Crippen LogP contribution in [-0.2, 0) is 16.0 Å². The highest BCUT2D eigenvalue weighted by Crippen LogP contribution is 2.29. The van der Waals surface area contributed by atoms with Crippen LogP contribution in [0.2, 0.25) is 0 Å². The van der Waals surface area contributed by atoms with Gasteiger partial charge in [-0.05, 0) is 12.1 Å². The molecule has 7 heteroatoms. The number of carbonyl (C=O) groups is 2. The predicted molar refractivity (Wildman–Crippen MR) is 79.4 cm³/mol. The molecule has 0 bridgehead atoms. The number of benzene rings is 1. The number of amides is 2. The van der Waals surface area contributed by atoms with Gasteiger partial charge in [-0.15, -0.1) is 0 Å². The maximum Gasteiger partial charge on any atom is 0.266 e. The van der Waals surface area contributed by atoms with Gasteiger partial charge in [0, 0.05) is 24.9 Å². The van der Waals surface area contributed by atoms with E-state index in [2.05, 4.69) is 20.6 Å². The first kappa shape index (κ1) is 14.1. The van der Waals surface area contributed by atoms with E-state index >= 15 is 0 Å². The lowest BCUT2D eigenvalue weighted by Gasteiger charge is -2.25. The fraction of sp³-hybridized carbons (Fsp3) is 0.267. The Morgan fingerprint density at radius 2 is 2.23 bits per heavy atom. The first-order valence-electron chi connectivity index (χ1n) is 7.03. The molecule has 1 aromatic carbocycles. The molecule has 0 aliphatic carbocycles. The minimum atomic E-state index is -0.804. The molecule has 0 unspecified atom stereocenters. The first-order valence-corrected chi connectivity index (χ1v) is 7.03. The number of carbonyl (C=O) groups excluding carboxylic acids is 2. The summed E-state index contributed by atoms with van der Waals surface area (Å²) in [7, 11) is 0. The highest BCUT2D eigenvalue weighted by atomic mass is 16.5. The number of nitrogens with one attached hydrogen (secondary N) is 3. The normalized spacial score (nSPS) is 16.4. The summed E-state index contributed by atoms with van der Waals surface area (Å²) in [6, 6.07) is 7.15. The number of rotatable bonds is 5. The Kier molecular flexibility index (Phi) is 4.04. The molecule has 114 valence electrons. The number of imidazole rings is 1. The molecule has 7 nitrogen and oxygen atoms in total. The zero-order chi connectivity index (χ0) is 15.4. The standard InChI is InChI=1S/C15H16N4O3/c20-14(17-6-5-10-8-16-9-18-10)7-13-15(21)19-11-3-1-2-4-12(11)22-13/h1-4,8-9,13H,5-7H2,(H,16,18)(H,17,20)(H,19,21)/t13-/m1/s1. The summed E-state index contributed by atoms with van der Waals surface area (Å²) in [5, 5.41) is 5.50. The molecule has 2 heterocycles. The maximum absolute atomic E-state index is 11.9. The van der Waals surface area contributed by atoms with E-state index in [9.17, 15) is 9.59 Å². The number of anilines is 1. The van der Waals surface area contributed by atoms with Crippen molar-refractivity contribution in [2.45, 2.75) is 18.9 Å². The van der Waals surface area contributed by atoms with Crippen molar-refractivity contribution in [2.75, 3.05) is 11.9 Å². The molecular formula is C15H16N4O3. The van der Waals surface area contributed by atoms with Crippen LogP contribution in [0.15, 0.2) is 36.8 Å². The Morgan fingerprint density at radius 1 is 1.36 bits per heavy atom. The van der Waals surface area contributed by atoms with E-state index in [0.29, 0.717) is 24.4 Å². The summed E-state index contributed by atoms with van der Waals surface area (Å²) in [5.74, 6) is 0.0545. The molecule has 22 heavy (non-hydrogen) atoms.